The van der Waals surface area contributed by atoms with Gasteiger partial charge in [0.2, 0.25) is 11.8 Å². The van der Waals surface area contributed by atoms with Gasteiger partial charge in [-0.05, 0) is 39.5 Å². The third-order valence-electron chi connectivity index (χ3n) is 5.46. The Labute approximate surface area is 175 Å². The summed E-state index contributed by atoms with van der Waals surface area (Å²) in [5, 5.41) is 3.05. The molecule has 0 radical (unpaired) electrons. The SMILES string of the molecule is CCC(=O)C1CCC(NC(=O)CCOCCOCCN(C(=O)CC)C(C)C)CC1. The van der Waals surface area contributed by atoms with Crippen LogP contribution < -0.4 is 5.32 Å². The Morgan fingerprint density at radius 2 is 1.55 bits per heavy atom. The highest BCUT2D eigenvalue weighted by Crippen LogP contribution is 2.25. The minimum atomic E-state index is 0.00170. The average Bonchev–Trinajstić information content (AvgIpc) is 2.71. The number of rotatable bonds is 14. The molecule has 168 valence electrons. The quantitative estimate of drug-likeness (QED) is 0.444. The van der Waals surface area contributed by atoms with Crippen molar-refractivity contribution in [2.24, 2.45) is 5.92 Å². The predicted molar refractivity (Wildman–Crippen MR) is 113 cm³/mol. The normalized spacial score (nSPS) is 19.2. The van der Waals surface area contributed by atoms with Gasteiger partial charge < -0.3 is 19.7 Å². The van der Waals surface area contributed by atoms with Crippen molar-refractivity contribution in [3.63, 3.8) is 0 Å². The van der Waals surface area contributed by atoms with Crippen LogP contribution >= 0.6 is 0 Å². The van der Waals surface area contributed by atoms with E-state index >= 15 is 0 Å². The molecule has 0 atom stereocenters. The van der Waals surface area contributed by atoms with Gasteiger partial charge in [-0.15, -0.1) is 0 Å². The van der Waals surface area contributed by atoms with E-state index in [4.69, 9.17) is 9.47 Å². The molecule has 0 spiro atoms. The average molecular weight is 413 g/mol. The lowest BCUT2D eigenvalue weighted by molar-refractivity contribution is -0.133. The van der Waals surface area contributed by atoms with Gasteiger partial charge in [-0.2, -0.15) is 0 Å². The zero-order valence-corrected chi connectivity index (χ0v) is 18.7. The molecule has 7 nitrogen and oxygen atoms in total. The van der Waals surface area contributed by atoms with Crippen LogP contribution in [0.1, 0.15) is 72.6 Å². The van der Waals surface area contributed by atoms with Crippen LogP contribution in [0, 0.1) is 5.92 Å². The standard InChI is InChI=1S/C22H40N2O5/c1-5-20(25)18-7-9-19(10-8-18)23-21(26)11-13-28-15-16-29-14-12-24(17(3)4)22(27)6-2/h17-19H,5-16H2,1-4H3,(H,23,26). The number of ether oxygens (including phenoxy) is 2. The summed E-state index contributed by atoms with van der Waals surface area (Å²) in [5.74, 6) is 0.668. The molecule has 0 saturated heterocycles. The highest BCUT2D eigenvalue weighted by atomic mass is 16.5. The molecule has 1 N–H and O–H groups in total. The van der Waals surface area contributed by atoms with Crippen LogP contribution in [0.4, 0.5) is 0 Å². The number of ketones is 1. The van der Waals surface area contributed by atoms with Gasteiger partial charge in [0.1, 0.15) is 5.78 Å². The van der Waals surface area contributed by atoms with Crippen LogP contribution in [0.5, 0.6) is 0 Å². The first-order chi connectivity index (χ1) is 13.9. The zero-order valence-electron chi connectivity index (χ0n) is 18.7. The molecule has 0 aromatic heterocycles. The van der Waals surface area contributed by atoms with Crippen LogP contribution in [0.15, 0.2) is 0 Å². The predicted octanol–water partition coefficient (Wildman–Crippen LogP) is 2.71. The molecule has 7 heteroatoms. The Bertz CT molecular complexity index is 501. The maximum Gasteiger partial charge on any atom is 0.222 e. The molecule has 0 aliphatic heterocycles. The Hall–Kier alpha value is -1.47. The van der Waals surface area contributed by atoms with Crippen LogP contribution in [0.2, 0.25) is 0 Å². The largest absolute Gasteiger partial charge is 0.379 e. The van der Waals surface area contributed by atoms with Crippen molar-refractivity contribution in [3.05, 3.63) is 0 Å². The van der Waals surface area contributed by atoms with E-state index in [1.807, 2.05) is 32.6 Å². The molecule has 0 aromatic carbocycles. The lowest BCUT2D eigenvalue weighted by Crippen LogP contribution is -2.39. The molecule has 1 saturated carbocycles. The maximum absolute atomic E-state index is 12.0. The van der Waals surface area contributed by atoms with Crippen molar-refractivity contribution in [3.8, 4) is 0 Å². The first kappa shape index (κ1) is 25.6. The topological polar surface area (TPSA) is 84.9 Å². The van der Waals surface area contributed by atoms with Crippen LogP contribution in [-0.4, -0.2) is 67.6 Å². The fraction of sp³-hybridized carbons (Fsp3) is 0.864. The van der Waals surface area contributed by atoms with Gasteiger partial charge in [0, 0.05) is 43.8 Å². The van der Waals surface area contributed by atoms with Crippen LogP contribution in [-0.2, 0) is 23.9 Å². The Kier molecular flexibility index (Phi) is 12.8. The smallest absolute Gasteiger partial charge is 0.222 e. The van der Waals surface area contributed by atoms with E-state index in [-0.39, 0.29) is 29.8 Å². The highest BCUT2D eigenvalue weighted by Gasteiger charge is 2.25. The number of carbonyl (C=O) groups is 3. The minimum absolute atomic E-state index is 0.00170. The number of carbonyl (C=O) groups excluding carboxylic acids is 3. The van der Waals surface area contributed by atoms with E-state index in [0.717, 1.165) is 25.7 Å². The van der Waals surface area contributed by atoms with Gasteiger partial charge in [-0.3, -0.25) is 14.4 Å². The van der Waals surface area contributed by atoms with Crippen LogP contribution in [0.3, 0.4) is 0 Å². The number of hydrogen-bond donors (Lipinski definition) is 1. The zero-order chi connectivity index (χ0) is 21.6. The Morgan fingerprint density at radius 3 is 2.10 bits per heavy atom. The molecule has 0 heterocycles. The van der Waals surface area contributed by atoms with Crippen molar-refractivity contribution >= 4 is 17.6 Å². The second kappa shape index (κ2) is 14.5. The van der Waals surface area contributed by atoms with E-state index in [2.05, 4.69) is 5.32 Å². The van der Waals surface area contributed by atoms with Crippen molar-refractivity contribution in [2.75, 3.05) is 33.0 Å². The molecule has 1 aliphatic carbocycles. The van der Waals surface area contributed by atoms with Gasteiger partial charge in [-0.1, -0.05) is 13.8 Å². The van der Waals surface area contributed by atoms with Gasteiger partial charge in [0.15, 0.2) is 0 Å². The summed E-state index contributed by atoms with van der Waals surface area (Å²) in [7, 11) is 0. The van der Waals surface area contributed by atoms with E-state index in [9.17, 15) is 14.4 Å². The monoisotopic (exact) mass is 412 g/mol. The molecular weight excluding hydrogens is 372 g/mol. The van der Waals surface area contributed by atoms with E-state index in [0.29, 0.717) is 58.0 Å². The molecular formula is C22H40N2O5. The molecule has 1 aliphatic rings. The van der Waals surface area contributed by atoms with Gasteiger partial charge >= 0.3 is 0 Å². The summed E-state index contributed by atoms with van der Waals surface area (Å²) >= 11 is 0. The number of hydrogen-bond acceptors (Lipinski definition) is 5. The lowest BCUT2D eigenvalue weighted by Gasteiger charge is -2.28. The van der Waals surface area contributed by atoms with Gasteiger partial charge in [0.25, 0.3) is 0 Å². The molecule has 0 bridgehead atoms. The third-order valence-corrected chi connectivity index (χ3v) is 5.46. The summed E-state index contributed by atoms with van der Waals surface area (Å²) in [6, 6.07) is 0.351. The van der Waals surface area contributed by atoms with E-state index in [1.54, 1.807) is 0 Å². The molecule has 0 aromatic rings. The second-order valence-corrected chi connectivity index (χ2v) is 7.95. The molecule has 1 fully saturated rings. The van der Waals surface area contributed by atoms with Gasteiger partial charge in [-0.25, -0.2) is 0 Å². The van der Waals surface area contributed by atoms with Crippen LogP contribution in [0.25, 0.3) is 0 Å². The number of nitrogens with zero attached hydrogens (tertiary/aromatic N) is 1. The summed E-state index contributed by atoms with van der Waals surface area (Å²) in [6.07, 6.45) is 4.96. The fourth-order valence-corrected chi connectivity index (χ4v) is 3.67. The summed E-state index contributed by atoms with van der Waals surface area (Å²) in [5.41, 5.74) is 0. The summed E-state index contributed by atoms with van der Waals surface area (Å²) < 4.78 is 11.0. The van der Waals surface area contributed by atoms with E-state index < -0.39 is 0 Å². The fourth-order valence-electron chi connectivity index (χ4n) is 3.67. The van der Waals surface area contributed by atoms with Crippen molar-refractivity contribution in [1.82, 2.24) is 10.2 Å². The first-order valence-electron chi connectivity index (χ1n) is 11.2. The minimum Gasteiger partial charge on any atom is -0.379 e. The third kappa shape index (κ3) is 10.2. The van der Waals surface area contributed by atoms with E-state index in [1.165, 1.54) is 0 Å². The van der Waals surface area contributed by atoms with Crippen molar-refractivity contribution in [1.29, 1.82) is 0 Å². The van der Waals surface area contributed by atoms with Gasteiger partial charge in [0.05, 0.1) is 26.4 Å². The summed E-state index contributed by atoms with van der Waals surface area (Å²) in [6.45, 7) is 10.1. The van der Waals surface area contributed by atoms with Crippen molar-refractivity contribution in [2.45, 2.75) is 84.7 Å². The molecule has 2 amide bonds. The molecule has 1 rings (SSSR count). The number of nitrogens with one attached hydrogen (secondary N) is 1. The van der Waals surface area contributed by atoms with Crippen molar-refractivity contribution < 1.29 is 23.9 Å². The highest BCUT2D eigenvalue weighted by molar-refractivity contribution is 5.81. The summed E-state index contributed by atoms with van der Waals surface area (Å²) in [4.78, 5) is 37.4. The molecule has 0 unspecified atom stereocenters. The number of Topliss-reactive ketones (excluding diaryl/α,β-unsaturated/α-hetero) is 1. The molecule has 29 heavy (non-hydrogen) atoms. The number of amides is 2. The maximum atomic E-state index is 12.0. The first-order valence-corrected chi connectivity index (χ1v) is 11.2. The lowest BCUT2D eigenvalue weighted by atomic mass is 9.83. The Morgan fingerprint density at radius 1 is 0.931 bits per heavy atom. The second-order valence-electron chi connectivity index (χ2n) is 7.95. The Balaban J connectivity index is 2.03.